The summed E-state index contributed by atoms with van der Waals surface area (Å²) < 4.78 is 0. The lowest BCUT2D eigenvalue weighted by atomic mass is 10.0. The highest BCUT2D eigenvalue weighted by Gasteiger charge is 2.10. The summed E-state index contributed by atoms with van der Waals surface area (Å²) in [6, 6.07) is 13.1. The van der Waals surface area contributed by atoms with Crippen LogP contribution in [0, 0.1) is 0 Å². The number of nitrogens with one attached hydrogen (secondary N) is 1. The zero-order valence-electron chi connectivity index (χ0n) is 11.2. The van der Waals surface area contributed by atoms with Crippen molar-refractivity contribution in [2.45, 2.75) is 25.9 Å². The summed E-state index contributed by atoms with van der Waals surface area (Å²) in [5.74, 6) is 0.253. The number of benzene rings is 2. The van der Waals surface area contributed by atoms with Gasteiger partial charge >= 0.3 is 0 Å². The molecule has 0 amide bonds. The largest absolute Gasteiger partial charge is 0.508 e. The number of aromatic hydroxyl groups is 1. The van der Waals surface area contributed by atoms with Gasteiger partial charge in [0.05, 0.1) is 0 Å². The second-order valence-electron chi connectivity index (χ2n) is 4.67. The summed E-state index contributed by atoms with van der Waals surface area (Å²) in [6.45, 7) is 2.66. The summed E-state index contributed by atoms with van der Waals surface area (Å²) in [7, 11) is 0. The number of hydrogen-bond acceptors (Lipinski definition) is 2. The third-order valence-corrected chi connectivity index (χ3v) is 3.71. The first-order valence-electron chi connectivity index (χ1n) is 6.56. The minimum absolute atomic E-state index is 0.187. The van der Waals surface area contributed by atoms with Crippen LogP contribution in [0.4, 0.5) is 0 Å². The van der Waals surface area contributed by atoms with Crippen molar-refractivity contribution >= 4 is 23.2 Å². The fraction of sp³-hybridized carbons (Fsp3) is 0.250. The van der Waals surface area contributed by atoms with Crippen molar-refractivity contribution in [1.29, 1.82) is 0 Å². The second kappa shape index (κ2) is 6.98. The van der Waals surface area contributed by atoms with E-state index in [2.05, 4.69) is 12.2 Å². The molecule has 0 spiro atoms. The van der Waals surface area contributed by atoms with E-state index in [4.69, 9.17) is 23.2 Å². The Morgan fingerprint density at radius 2 is 1.85 bits per heavy atom. The lowest BCUT2D eigenvalue weighted by Gasteiger charge is -2.18. The van der Waals surface area contributed by atoms with Crippen molar-refractivity contribution in [3.63, 3.8) is 0 Å². The molecule has 0 aliphatic carbocycles. The normalized spacial score (nSPS) is 12.3. The number of phenols is 1. The minimum atomic E-state index is 0.187. The van der Waals surface area contributed by atoms with Gasteiger partial charge in [0.25, 0.3) is 0 Å². The molecule has 0 bridgehead atoms. The molecule has 2 aromatic carbocycles. The summed E-state index contributed by atoms with van der Waals surface area (Å²) in [4.78, 5) is 0. The lowest BCUT2D eigenvalue weighted by Crippen LogP contribution is -2.20. The van der Waals surface area contributed by atoms with Crippen LogP contribution in [0.5, 0.6) is 5.75 Å². The number of halogens is 2. The van der Waals surface area contributed by atoms with Gasteiger partial charge in [-0.2, -0.15) is 0 Å². The van der Waals surface area contributed by atoms with Crippen LogP contribution >= 0.6 is 23.2 Å². The molecular weight excluding hydrogens is 293 g/mol. The molecule has 0 saturated carbocycles. The first-order valence-corrected chi connectivity index (χ1v) is 7.32. The smallest absolute Gasteiger partial charge is 0.120 e. The van der Waals surface area contributed by atoms with Gasteiger partial charge in [-0.15, -0.1) is 0 Å². The van der Waals surface area contributed by atoms with Gasteiger partial charge in [-0.3, -0.25) is 0 Å². The summed E-state index contributed by atoms with van der Waals surface area (Å²) in [5.41, 5.74) is 1.93. The highest BCUT2D eigenvalue weighted by Crippen LogP contribution is 2.24. The molecule has 0 aliphatic heterocycles. The summed E-state index contributed by atoms with van der Waals surface area (Å²) >= 11 is 12.0. The topological polar surface area (TPSA) is 32.3 Å². The zero-order chi connectivity index (χ0) is 14.5. The fourth-order valence-electron chi connectivity index (χ4n) is 2.15. The van der Waals surface area contributed by atoms with Crippen LogP contribution < -0.4 is 5.32 Å². The lowest BCUT2D eigenvalue weighted by molar-refractivity contribution is 0.455. The quantitative estimate of drug-likeness (QED) is 0.820. The van der Waals surface area contributed by atoms with E-state index >= 15 is 0 Å². The standard InChI is InChI=1S/C16H17Cl2NO/c1-2-15(11-4-3-5-13(17)8-11)19-10-12-9-14(18)6-7-16(12)20/h3-9,15,19-20H,2,10H2,1H3. The highest BCUT2D eigenvalue weighted by atomic mass is 35.5. The first kappa shape index (κ1) is 15.2. The van der Waals surface area contributed by atoms with E-state index in [0.29, 0.717) is 11.6 Å². The number of phenolic OH excluding ortho intramolecular Hbond substituents is 1. The van der Waals surface area contributed by atoms with E-state index in [1.165, 1.54) is 0 Å². The molecule has 2 aromatic rings. The van der Waals surface area contributed by atoms with E-state index in [-0.39, 0.29) is 11.8 Å². The van der Waals surface area contributed by atoms with Crippen LogP contribution in [0.15, 0.2) is 42.5 Å². The van der Waals surface area contributed by atoms with Crippen LogP contribution in [0.2, 0.25) is 10.0 Å². The van der Waals surface area contributed by atoms with Crippen LogP contribution in [-0.4, -0.2) is 5.11 Å². The second-order valence-corrected chi connectivity index (χ2v) is 5.54. The maximum Gasteiger partial charge on any atom is 0.120 e. The third-order valence-electron chi connectivity index (χ3n) is 3.24. The van der Waals surface area contributed by atoms with Crippen LogP contribution in [0.3, 0.4) is 0 Å². The Morgan fingerprint density at radius 3 is 2.55 bits per heavy atom. The fourth-order valence-corrected chi connectivity index (χ4v) is 2.54. The molecule has 0 aliphatic rings. The molecule has 0 aromatic heterocycles. The Bertz CT molecular complexity index is 586. The molecule has 2 nitrogen and oxygen atoms in total. The van der Waals surface area contributed by atoms with E-state index < -0.39 is 0 Å². The van der Waals surface area contributed by atoms with Crippen LogP contribution in [0.25, 0.3) is 0 Å². The molecule has 0 saturated heterocycles. The monoisotopic (exact) mass is 309 g/mol. The molecule has 0 fully saturated rings. The maximum absolute atomic E-state index is 9.82. The molecule has 1 atom stereocenters. The van der Waals surface area contributed by atoms with Crippen LogP contribution in [0.1, 0.15) is 30.5 Å². The Balaban J connectivity index is 2.09. The van der Waals surface area contributed by atoms with Gasteiger partial charge in [0.2, 0.25) is 0 Å². The van der Waals surface area contributed by atoms with Crippen molar-refractivity contribution < 1.29 is 5.11 Å². The zero-order valence-corrected chi connectivity index (χ0v) is 12.7. The number of hydrogen-bond donors (Lipinski definition) is 2. The molecule has 0 radical (unpaired) electrons. The van der Waals surface area contributed by atoms with Crippen LogP contribution in [-0.2, 0) is 6.54 Å². The maximum atomic E-state index is 9.82. The van der Waals surface area contributed by atoms with Gasteiger partial charge in [0, 0.05) is 28.2 Å². The highest BCUT2D eigenvalue weighted by molar-refractivity contribution is 6.30. The summed E-state index contributed by atoms with van der Waals surface area (Å²) in [5, 5.41) is 14.6. The van der Waals surface area contributed by atoms with E-state index in [1.807, 2.05) is 24.3 Å². The molecule has 0 heterocycles. The van der Waals surface area contributed by atoms with Crippen molar-refractivity contribution in [2.24, 2.45) is 0 Å². The van der Waals surface area contributed by atoms with Gasteiger partial charge in [-0.1, -0.05) is 42.3 Å². The Kier molecular flexibility index (Phi) is 5.30. The molecule has 106 valence electrons. The summed E-state index contributed by atoms with van der Waals surface area (Å²) in [6.07, 6.45) is 0.932. The Labute approximate surface area is 129 Å². The SMILES string of the molecule is CCC(NCc1cc(Cl)ccc1O)c1cccc(Cl)c1. The van der Waals surface area contributed by atoms with Gasteiger partial charge < -0.3 is 10.4 Å². The average molecular weight is 310 g/mol. The molecule has 2 rings (SSSR count). The van der Waals surface area contributed by atoms with Crippen molar-refractivity contribution in [3.8, 4) is 5.75 Å². The van der Waals surface area contributed by atoms with Gasteiger partial charge in [0.1, 0.15) is 5.75 Å². The van der Waals surface area contributed by atoms with Gasteiger partial charge in [-0.05, 0) is 42.3 Å². The average Bonchev–Trinajstić information content (AvgIpc) is 2.43. The van der Waals surface area contributed by atoms with Crippen molar-refractivity contribution in [2.75, 3.05) is 0 Å². The van der Waals surface area contributed by atoms with Gasteiger partial charge in [0.15, 0.2) is 0 Å². The molecule has 1 unspecified atom stereocenters. The number of rotatable bonds is 5. The van der Waals surface area contributed by atoms with Crippen molar-refractivity contribution in [1.82, 2.24) is 5.32 Å². The Morgan fingerprint density at radius 1 is 1.10 bits per heavy atom. The molecule has 2 N–H and O–H groups in total. The van der Waals surface area contributed by atoms with Crippen molar-refractivity contribution in [3.05, 3.63) is 63.6 Å². The predicted molar refractivity (Wildman–Crippen MR) is 84.4 cm³/mol. The third kappa shape index (κ3) is 3.89. The minimum Gasteiger partial charge on any atom is -0.508 e. The molecule has 20 heavy (non-hydrogen) atoms. The molecular formula is C16H17Cl2NO. The molecule has 4 heteroatoms. The van der Waals surface area contributed by atoms with E-state index in [0.717, 1.165) is 22.6 Å². The Hall–Kier alpha value is -1.22. The first-order chi connectivity index (χ1) is 9.60. The van der Waals surface area contributed by atoms with Gasteiger partial charge in [-0.25, -0.2) is 0 Å². The predicted octanol–water partition coefficient (Wildman–Crippen LogP) is 4.94. The van der Waals surface area contributed by atoms with E-state index in [9.17, 15) is 5.11 Å². The van der Waals surface area contributed by atoms with E-state index in [1.54, 1.807) is 18.2 Å².